The van der Waals surface area contributed by atoms with Crippen molar-refractivity contribution in [1.82, 2.24) is 0 Å². The fourth-order valence-corrected chi connectivity index (χ4v) is 2.99. The van der Waals surface area contributed by atoms with Gasteiger partial charge in [0.25, 0.3) is 0 Å². The van der Waals surface area contributed by atoms with Crippen LogP contribution in [0.1, 0.15) is 28.8 Å². The van der Waals surface area contributed by atoms with Crippen LogP contribution in [0.2, 0.25) is 0 Å². The van der Waals surface area contributed by atoms with E-state index in [2.05, 4.69) is 12.6 Å². The van der Waals surface area contributed by atoms with Gasteiger partial charge in [-0.3, -0.25) is 9.59 Å². The molecule has 0 radical (unpaired) electrons. The van der Waals surface area contributed by atoms with E-state index in [1.54, 1.807) is 4.90 Å². The Bertz CT molecular complexity index is 527. The summed E-state index contributed by atoms with van der Waals surface area (Å²) < 4.78 is 0. The summed E-state index contributed by atoms with van der Waals surface area (Å²) in [5.41, 5.74) is 2.77. The molecule has 18 heavy (non-hydrogen) atoms. The summed E-state index contributed by atoms with van der Waals surface area (Å²) >= 11 is 4.26. The van der Waals surface area contributed by atoms with Crippen molar-refractivity contribution in [2.75, 3.05) is 17.2 Å². The zero-order valence-corrected chi connectivity index (χ0v) is 11.0. The third kappa shape index (κ3) is 1.85. The number of anilines is 1. The highest BCUT2D eigenvalue weighted by Crippen LogP contribution is 2.30. The molecule has 1 aromatic carbocycles. The van der Waals surface area contributed by atoms with Crippen molar-refractivity contribution in [2.24, 2.45) is 5.92 Å². The fourth-order valence-electron chi connectivity index (χ4n) is 2.75. The quantitative estimate of drug-likeness (QED) is 0.828. The number of rotatable bonds is 2. The van der Waals surface area contributed by atoms with E-state index in [4.69, 9.17) is 0 Å². The summed E-state index contributed by atoms with van der Waals surface area (Å²) in [6, 6.07) is 5.82. The molecule has 0 aromatic heterocycles. The van der Waals surface area contributed by atoms with Crippen LogP contribution in [0.4, 0.5) is 5.69 Å². The Kier molecular flexibility index (Phi) is 2.90. The van der Waals surface area contributed by atoms with Gasteiger partial charge in [-0.2, -0.15) is 12.6 Å². The third-order valence-corrected chi connectivity index (χ3v) is 4.31. The van der Waals surface area contributed by atoms with Crippen molar-refractivity contribution in [2.45, 2.75) is 19.3 Å². The summed E-state index contributed by atoms with van der Waals surface area (Å²) in [6.07, 6.45) is 2.00. The molecular weight excluding hydrogens is 246 g/mol. The van der Waals surface area contributed by atoms with Crippen molar-refractivity contribution >= 4 is 30.0 Å². The lowest BCUT2D eigenvalue weighted by atomic mass is 10.1. The van der Waals surface area contributed by atoms with Crippen LogP contribution < -0.4 is 4.90 Å². The molecule has 0 spiro atoms. The van der Waals surface area contributed by atoms with E-state index in [1.807, 2.05) is 18.2 Å². The standard InChI is InChI=1S/C14H15NO2S/c16-13-4-2-10-1-3-11(6-12(10)13)15-7-9(8-18)5-14(15)17/h1,3,6,9,18H,2,4-5,7-8H2. The molecule has 1 fully saturated rings. The molecule has 3 nitrogen and oxygen atoms in total. The molecule has 1 aromatic rings. The highest BCUT2D eigenvalue weighted by molar-refractivity contribution is 7.80. The normalized spacial score (nSPS) is 22.7. The minimum Gasteiger partial charge on any atom is -0.312 e. The number of carbonyl (C=O) groups excluding carboxylic acids is 2. The van der Waals surface area contributed by atoms with Gasteiger partial charge in [-0.25, -0.2) is 0 Å². The molecule has 0 saturated carbocycles. The van der Waals surface area contributed by atoms with E-state index in [9.17, 15) is 9.59 Å². The van der Waals surface area contributed by atoms with Crippen LogP contribution >= 0.6 is 12.6 Å². The van der Waals surface area contributed by atoms with E-state index in [-0.39, 0.29) is 11.7 Å². The van der Waals surface area contributed by atoms with Crippen LogP contribution in [0.15, 0.2) is 18.2 Å². The van der Waals surface area contributed by atoms with Crippen LogP contribution in [0.25, 0.3) is 0 Å². The van der Waals surface area contributed by atoms with Crippen LogP contribution in [0.3, 0.4) is 0 Å². The number of fused-ring (bicyclic) bond motifs is 1. The van der Waals surface area contributed by atoms with Gasteiger partial charge in [0, 0.05) is 30.6 Å². The predicted octanol–water partition coefficient (Wildman–Crippen LogP) is 2.10. The number of ketones is 1. The number of thiol groups is 1. The number of hydrogen-bond donors (Lipinski definition) is 1. The van der Waals surface area contributed by atoms with Crippen molar-refractivity contribution in [3.63, 3.8) is 0 Å². The molecule has 2 aliphatic rings. The van der Waals surface area contributed by atoms with Gasteiger partial charge >= 0.3 is 0 Å². The number of aryl methyl sites for hydroxylation is 1. The maximum absolute atomic E-state index is 11.9. The number of benzene rings is 1. The molecule has 1 amide bonds. The van der Waals surface area contributed by atoms with E-state index < -0.39 is 0 Å². The first kappa shape index (κ1) is 11.8. The molecule has 1 unspecified atom stereocenters. The zero-order valence-electron chi connectivity index (χ0n) is 10.1. The monoisotopic (exact) mass is 261 g/mol. The maximum Gasteiger partial charge on any atom is 0.227 e. The summed E-state index contributed by atoms with van der Waals surface area (Å²) in [6.45, 7) is 0.718. The largest absolute Gasteiger partial charge is 0.312 e. The Morgan fingerprint density at radius 3 is 2.83 bits per heavy atom. The first-order valence-corrected chi connectivity index (χ1v) is 6.89. The van der Waals surface area contributed by atoms with E-state index in [0.29, 0.717) is 18.8 Å². The lowest BCUT2D eigenvalue weighted by Gasteiger charge is -2.17. The van der Waals surface area contributed by atoms with E-state index in [0.717, 1.165) is 35.5 Å². The lowest BCUT2D eigenvalue weighted by molar-refractivity contribution is -0.117. The van der Waals surface area contributed by atoms with Crippen LogP contribution in [0, 0.1) is 5.92 Å². The summed E-state index contributed by atoms with van der Waals surface area (Å²) in [4.78, 5) is 25.4. The summed E-state index contributed by atoms with van der Waals surface area (Å²) in [7, 11) is 0. The summed E-state index contributed by atoms with van der Waals surface area (Å²) in [5.74, 6) is 1.39. The van der Waals surface area contributed by atoms with E-state index >= 15 is 0 Å². The molecular formula is C14H15NO2S. The molecule has 3 rings (SSSR count). The van der Waals surface area contributed by atoms with Gasteiger partial charge in [0.15, 0.2) is 5.78 Å². The molecule has 4 heteroatoms. The van der Waals surface area contributed by atoms with Crippen LogP contribution in [-0.2, 0) is 11.2 Å². The molecule has 1 heterocycles. The smallest absolute Gasteiger partial charge is 0.227 e. The second-order valence-electron chi connectivity index (χ2n) is 5.02. The second-order valence-corrected chi connectivity index (χ2v) is 5.39. The van der Waals surface area contributed by atoms with Crippen molar-refractivity contribution < 1.29 is 9.59 Å². The van der Waals surface area contributed by atoms with Gasteiger partial charge in [-0.05, 0) is 35.8 Å². The highest BCUT2D eigenvalue weighted by Gasteiger charge is 2.30. The Morgan fingerprint density at radius 1 is 1.28 bits per heavy atom. The first-order valence-electron chi connectivity index (χ1n) is 6.26. The molecule has 94 valence electrons. The average molecular weight is 261 g/mol. The Balaban J connectivity index is 1.92. The van der Waals surface area contributed by atoms with Crippen molar-refractivity contribution in [1.29, 1.82) is 0 Å². The lowest BCUT2D eigenvalue weighted by Crippen LogP contribution is -2.24. The maximum atomic E-state index is 11.9. The molecule has 0 bridgehead atoms. The number of carbonyl (C=O) groups is 2. The summed E-state index contributed by atoms with van der Waals surface area (Å²) in [5, 5.41) is 0. The van der Waals surface area contributed by atoms with Gasteiger partial charge in [-0.1, -0.05) is 6.07 Å². The van der Waals surface area contributed by atoms with Gasteiger partial charge in [0.05, 0.1) is 0 Å². The minimum absolute atomic E-state index is 0.138. The second kappa shape index (κ2) is 4.43. The molecule has 1 saturated heterocycles. The zero-order chi connectivity index (χ0) is 12.7. The number of nitrogens with zero attached hydrogens (tertiary/aromatic N) is 1. The Labute approximate surface area is 112 Å². The molecule has 1 aliphatic carbocycles. The highest BCUT2D eigenvalue weighted by atomic mass is 32.1. The first-order chi connectivity index (χ1) is 8.69. The molecule has 1 aliphatic heterocycles. The van der Waals surface area contributed by atoms with Crippen molar-refractivity contribution in [3.8, 4) is 0 Å². The molecule has 1 atom stereocenters. The molecule has 0 N–H and O–H groups in total. The average Bonchev–Trinajstić information content (AvgIpc) is 2.93. The number of Topliss-reactive ketones (excluding diaryl/α,β-unsaturated/α-hetero) is 1. The van der Waals surface area contributed by atoms with Crippen LogP contribution in [-0.4, -0.2) is 24.0 Å². The van der Waals surface area contributed by atoms with Gasteiger partial charge in [0.1, 0.15) is 0 Å². The number of amides is 1. The minimum atomic E-state index is 0.138. The topological polar surface area (TPSA) is 37.4 Å². The Morgan fingerprint density at radius 2 is 2.11 bits per heavy atom. The SMILES string of the molecule is O=C1CCc2ccc(N3CC(CS)CC3=O)cc21. The third-order valence-electron chi connectivity index (χ3n) is 3.79. The van der Waals surface area contributed by atoms with Gasteiger partial charge < -0.3 is 4.90 Å². The van der Waals surface area contributed by atoms with Gasteiger partial charge in [0.2, 0.25) is 5.91 Å². The number of hydrogen-bond acceptors (Lipinski definition) is 3. The predicted molar refractivity (Wildman–Crippen MR) is 73.4 cm³/mol. The van der Waals surface area contributed by atoms with Crippen LogP contribution in [0.5, 0.6) is 0 Å². The van der Waals surface area contributed by atoms with Crippen molar-refractivity contribution in [3.05, 3.63) is 29.3 Å². The van der Waals surface area contributed by atoms with Gasteiger partial charge in [-0.15, -0.1) is 0 Å². The Hall–Kier alpha value is -1.29. The van der Waals surface area contributed by atoms with E-state index in [1.165, 1.54) is 0 Å². The fraction of sp³-hybridized carbons (Fsp3) is 0.429.